The van der Waals surface area contributed by atoms with Gasteiger partial charge in [-0.05, 0) is 25.5 Å². The first-order valence-corrected chi connectivity index (χ1v) is 4.94. The van der Waals surface area contributed by atoms with Crippen LogP contribution in [0, 0.1) is 6.92 Å². The first kappa shape index (κ1) is 8.72. The first-order chi connectivity index (χ1) is 6.04. The fraction of sp³-hybridized carbons (Fsp3) is 0.444. The lowest BCUT2D eigenvalue weighted by Crippen LogP contribution is -2.34. The molecular formula is C9H11NO2S. The molecule has 1 aliphatic carbocycles. The highest BCUT2D eigenvalue weighted by Crippen LogP contribution is 2.51. The van der Waals surface area contributed by atoms with Crippen LogP contribution in [0.3, 0.4) is 0 Å². The summed E-state index contributed by atoms with van der Waals surface area (Å²) in [6, 6.07) is 3.98. The highest BCUT2D eigenvalue weighted by Gasteiger charge is 2.58. The molecule has 3 N–H and O–H groups in total. The second-order valence-corrected chi connectivity index (χ2v) is 4.87. The predicted octanol–water partition coefficient (Wildman–Crippen LogP) is 1.33. The van der Waals surface area contributed by atoms with Crippen LogP contribution in [0.15, 0.2) is 12.1 Å². The standard InChI is InChI=1S/C9H11NO2S/c1-5-2-3-7(13-5)6-4-9(6,10)8(11)12/h2-3,6H,4,10H2,1H3,(H,11,12)/t6-,9-/m0/s1. The van der Waals surface area contributed by atoms with Crippen molar-refractivity contribution in [3.05, 3.63) is 21.9 Å². The number of hydrogen-bond acceptors (Lipinski definition) is 3. The molecule has 13 heavy (non-hydrogen) atoms. The Morgan fingerprint density at radius 2 is 2.46 bits per heavy atom. The first-order valence-electron chi connectivity index (χ1n) is 4.12. The molecule has 1 heterocycles. The second-order valence-electron chi connectivity index (χ2n) is 3.55. The van der Waals surface area contributed by atoms with Gasteiger partial charge in [0.1, 0.15) is 5.54 Å². The summed E-state index contributed by atoms with van der Waals surface area (Å²) in [5.74, 6) is -0.854. The number of nitrogens with two attached hydrogens (primary N) is 1. The fourth-order valence-corrected chi connectivity index (χ4v) is 2.59. The smallest absolute Gasteiger partial charge is 0.324 e. The van der Waals surface area contributed by atoms with Gasteiger partial charge in [0.05, 0.1) is 0 Å². The second kappa shape index (κ2) is 2.56. The maximum atomic E-state index is 10.8. The van der Waals surface area contributed by atoms with Crippen molar-refractivity contribution in [2.45, 2.75) is 24.8 Å². The molecule has 0 amide bonds. The highest BCUT2D eigenvalue weighted by molar-refractivity contribution is 7.12. The Bertz CT molecular complexity index is 360. The average molecular weight is 197 g/mol. The lowest BCUT2D eigenvalue weighted by Gasteiger charge is -2.02. The van der Waals surface area contributed by atoms with Gasteiger partial charge in [0.25, 0.3) is 0 Å². The molecule has 0 radical (unpaired) electrons. The van der Waals surface area contributed by atoms with E-state index in [2.05, 4.69) is 0 Å². The van der Waals surface area contributed by atoms with E-state index in [9.17, 15) is 4.79 Å². The van der Waals surface area contributed by atoms with E-state index in [0.29, 0.717) is 6.42 Å². The third-order valence-electron chi connectivity index (χ3n) is 2.51. The summed E-state index contributed by atoms with van der Waals surface area (Å²) in [6.45, 7) is 2.01. The number of thiophene rings is 1. The van der Waals surface area contributed by atoms with Crippen LogP contribution in [0.5, 0.6) is 0 Å². The highest BCUT2D eigenvalue weighted by atomic mass is 32.1. The van der Waals surface area contributed by atoms with E-state index in [4.69, 9.17) is 10.8 Å². The normalized spacial score (nSPS) is 31.7. The zero-order valence-corrected chi connectivity index (χ0v) is 8.10. The Morgan fingerprint density at radius 3 is 2.85 bits per heavy atom. The van der Waals surface area contributed by atoms with Gasteiger partial charge in [-0.15, -0.1) is 11.3 Å². The van der Waals surface area contributed by atoms with Gasteiger partial charge >= 0.3 is 5.97 Å². The van der Waals surface area contributed by atoms with Gasteiger partial charge in [-0.1, -0.05) is 0 Å². The van der Waals surface area contributed by atoms with Gasteiger partial charge in [-0.25, -0.2) is 0 Å². The summed E-state index contributed by atoms with van der Waals surface area (Å²) in [5.41, 5.74) is 4.69. The number of carboxylic acids is 1. The monoisotopic (exact) mass is 197 g/mol. The van der Waals surface area contributed by atoms with Crippen molar-refractivity contribution in [3.8, 4) is 0 Å². The van der Waals surface area contributed by atoms with Gasteiger partial charge in [-0.2, -0.15) is 0 Å². The number of aryl methyl sites for hydroxylation is 1. The molecular weight excluding hydrogens is 186 g/mol. The van der Waals surface area contributed by atoms with Gasteiger partial charge in [0, 0.05) is 15.7 Å². The molecule has 0 bridgehead atoms. The van der Waals surface area contributed by atoms with Gasteiger partial charge in [0.15, 0.2) is 0 Å². The van der Waals surface area contributed by atoms with Crippen LogP contribution in [0.2, 0.25) is 0 Å². The van der Waals surface area contributed by atoms with E-state index < -0.39 is 11.5 Å². The van der Waals surface area contributed by atoms with E-state index in [1.54, 1.807) is 11.3 Å². The van der Waals surface area contributed by atoms with E-state index in [1.807, 2.05) is 19.1 Å². The molecule has 70 valence electrons. The largest absolute Gasteiger partial charge is 0.480 e. The maximum Gasteiger partial charge on any atom is 0.324 e. The Labute approximate surface area is 80.2 Å². The van der Waals surface area contributed by atoms with Crippen LogP contribution in [0.1, 0.15) is 22.1 Å². The van der Waals surface area contributed by atoms with Crippen molar-refractivity contribution in [3.63, 3.8) is 0 Å². The minimum atomic E-state index is -0.989. The molecule has 0 saturated heterocycles. The minimum Gasteiger partial charge on any atom is -0.480 e. The maximum absolute atomic E-state index is 10.8. The van der Waals surface area contributed by atoms with Crippen molar-refractivity contribution < 1.29 is 9.90 Å². The molecule has 0 aromatic carbocycles. The van der Waals surface area contributed by atoms with Crippen LogP contribution in [0.4, 0.5) is 0 Å². The molecule has 0 spiro atoms. The molecule has 1 fully saturated rings. The molecule has 1 aliphatic rings. The summed E-state index contributed by atoms with van der Waals surface area (Å²) in [5, 5.41) is 8.83. The van der Waals surface area contributed by atoms with Gasteiger partial charge < -0.3 is 10.8 Å². The van der Waals surface area contributed by atoms with Crippen LogP contribution in [0.25, 0.3) is 0 Å². The quantitative estimate of drug-likeness (QED) is 0.751. The van der Waals surface area contributed by atoms with Crippen molar-refractivity contribution in [2.75, 3.05) is 0 Å². The van der Waals surface area contributed by atoms with E-state index in [0.717, 1.165) is 4.88 Å². The number of aliphatic carboxylic acids is 1. The number of rotatable bonds is 2. The topological polar surface area (TPSA) is 63.3 Å². The molecule has 1 aromatic heterocycles. The Morgan fingerprint density at radius 1 is 1.77 bits per heavy atom. The lowest BCUT2D eigenvalue weighted by molar-refractivity contribution is -0.139. The predicted molar refractivity (Wildman–Crippen MR) is 51.0 cm³/mol. The van der Waals surface area contributed by atoms with Gasteiger partial charge in [0.2, 0.25) is 0 Å². The Kier molecular flexibility index (Phi) is 1.72. The average Bonchev–Trinajstić information content (AvgIpc) is 2.55. The molecule has 2 rings (SSSR count). The zero-order valence-electron chi connectivity index (χ0n) is 7.28. The summed E-state index contributed by atoms with van der Waals surface area (Å²) in [6.07, 6.45) is 0.572. The van der Waals surface area contributed by atoms with Crippen LogP contribution >= 0.6 is 11.3 Å². The van der Waals surface area contributed by atoms with E-state index in [-0.39, 0.29) is 5.92 Å². The summed E-state index contributed by atoms with van der Waals surface area (Å²) in [4.78, 5) is 13.1. The summed E-state index contributed by atoms with van der Waals surface area (Å²) < 4.78 is 0. The fourth-order valence-electron chi connectivity index (χ4n) is 1.51. The minimum absolute atomic E-state index is 0.0312. The van der Waals surface area contributed by atoms with Gasteiger partial charge in [-0.3, -0.25) is 4.79 Å². The third-order valence-corrected chi connectivity index (χ3v) is 3.62. The van der Waals surface area contributed by atoms with E-state index in [1.165, 1.54) is 4.88 Å². The zero-order chi connectivity index (χ0) is 9.64. The van der Waals surface area contributed by atoms with Crippen LogP contribution in [-0.2, 0) is 4.79 Å². The number of carboxylic acid groups (broad SMARTS) is 1. The number of hydrogen-bond donors (Lipinski definition) is 2. The van der Waals surface area contributed by atoms with Crippen molar-refractivity contribution in [1.29, 1.82) is 0 Å². The molecule has 1 aromatic rings. The summed E-state index contributed by atoms with van der Waals surface area (Å²) >= 11 is 1.63. The van der Waals surface area contributed by atoms with Crippen molar-refractivity contribution in [1.82, 2.24) is 0 Å². The molecule has 0 unspecified atom stereocenters. The lowest BCUT2D eigenvalue weighted by atomic mass is 10.2. The molecule has 1 saturated carbocycles. The molecule has 3 nitrogen and oxygen atoms in total. The van der Waals surface area contributed by atoms with Crippen molar-refractivity contribution in [2.24, 2.45) is 5.73 Å². The molecule has 4 heteroatoms. The van der Waals surface area contributed by atoms with Crippen molar-refractivity contribution >= 4 is 17.3 Å². The Balaban J connectivity index is 2.20. The van der Waals surface area contributed by atoms with Crippen LogP contribution in [-0.4, -0.2) is 16.6 Å². The summed E-state index contributed by atoms with van der Waals surface area (Å²) in [7, 11) is 0. The van der Waals surface area contributed by atoms with Crippen LogP contribution < -0.4 is 5.73 Å². The Hall–Kier alpha value is -0.870. The molecule has 0 aliphatic heterocycles. The van der Waals surface area contributed by atoms with E-state index >= 15 is 0 Å². The molecule has 2 atom stereocenters. The SMILES string of the molecule is Cc1ccc([C@@H]2C[C@@]2(N)C(=O)O)s1. The third kappa shape index (κ3) is 1.26. The number of carbonyl (C=O) groups is 1.